The van der Waals surface area contributed by atoms with E-state index in [1.165, 1.54) is 5.56 Å². The number of carbonyl (C=O) groups excluding carboxylic acids is 1. The van der Waals surface area contributed by atoms with Crippen molar-refractivity contribution in [1.82, 2.24) is 15.5 Å². The Labute approximate surface area is 150 Å². The second-order valence-corrected chi connectivity index (χ2v) is 7.58. The molecular weight excluding hydrogens is 312 g/mol. The van der Waals surface area contributed by atoms with Crippen molar-refractivity contribution in [3.05, 3.63) is 47.7 Å². The zero-order valence-corrected chi connectivity index (χ0v) is 15.4. The number of hydrogen-bond acceptors (Lipinski definition) is 4. The van der Waals surface area contributed by atoms with Crippen LogP contribution in [0.25, 0.3) is 0 Å². The molecule has 5 heteroatoms. The molecule has 25 heavy (non-hydrogen) atoms. The average Bonchev–Trinajstić information content (AvgIpc) is 2.56. The Morgan fingerprint density at radius 1 is 1.28 bits per heavy atom. The van der Waals surface area contributed by atoms with Crippen molar-refractivity contribution in [2.75, 3.05) is 13.1 Å². The fourth-order valence-corrected chi connectivity index (χ4v) is 2.86. The number of nitrogens with one attached hydrogen (secondary N) is 2. The zero-order chi connectivity index (χ0) is 18.3. The number of benzene rings is 1. The molecule has 134 valence electrons. The number of nitrogens with zero attached hydrogens (tertiary/aromatic N) is 2. The third-order valence-electron chi connectivity index (χ3n) is 4.15. The normalized spacial score (nSPS) is 17.0. The molecule has 2 rings (SSSR count). The van der Waals surface area contributed by atoms with Gasteiger partial charge in [0.05, 0.1) is 0 Å². The molecule has 2 N–H and O–H groups in total. The molecule has 0 aliphatic carbocycles. The summed E-state index contributed by atoms with van der Waals surface area (Å²) in [5, 5.41) is 15.3. The second kappa shape index (κ2) is 8.68. The van der Waals surface area contributed by atoms with E-state index in [1.807, 2.05) is 32.9 Å². The van der Waals surface area contributed by atoms with E-state index >= 15 is 0 Å². The Bertz CT molecular complexity index is 632. The maximum atomic E-state index is 12.1. The highest BCUT2D eigenvalue weighted by Crippen LogP contribution is 2.14. The van der Waals surface area contributed by atoms with E-state index in [9.17, 15) is 10.1 Å². The number of piperidine rings is 1. The van der Waals surface area contributed by atoms with E-state index in [2.05, 4.69) is 39.8 Å². The lowest BCUT2D eigenvalue weighted by molar-refractivity contribution is -0.118. The molecule has 0 bridgehead atoms. The van der Waals surface area contributed by atoms with Crippen LogP contribution in [0.5, 0.6) is 0 Å². The molecule has 1 heterocycles. The zero-order valence-electron chi connectivity index (χ0n) is 15.4. The SMILES string of the molecule is CC(C)(C)NC(=O)/C(C#N)=C\NC1CCN(Cc2ccccc2)CC1. The highest BCUT2D eigenvalue weighted by molar-refractivity contribution is 5.97. The van der Waals surface area contributed by atoms with Crippen LogP contribution < -0.4 is 10.6 Å². The van der Waals surface area contributed by atoms with Crippen LogP contribution in [0.4, 0.5) is 0 Å². The Hall–Kier alpha value is -2.32. The van der Waals surface area contributed by atoms with Crippen molar-refractivity contribution in [3.8, 4) is 6.07 Å². The smallest absolute Gasteiger partial charge is 0.263 e. The Morgan fingerprint density at radius 3 is 2.48 bits per heavy atom. The lowest BCUT2D eigenvalue weighted by Gasteiger charge is -2.32. The molecule has 0 unspecified atom stereocenters. The minimum atomic E-state index is -0.351. The summed E-state index contributed by atoms with van der Waals surface area (Å²) in [4.78, 5) is 14.5. The van der Waals surface area contributed by atoms with E-state index < -0.39 is 0 Å². The van der Waals surface area contributed by atoms with Gasteiger partial charge in [-0.05, 0) is 39.2 Å². The molecule has 0 spiro atoms. The van der Waals surface area contributed by atoms with Crippen LogP contribution in [-0.2, 0) is 11.3 Å². The number of carbonyl (C=O) groups is 1. The first-order chi connectivity index (χ1) is 11.9. The van der Waals surface area contributed by atoms with Gasteiger partial charge in [0.2, 0.25) is 0 Å². The van der Waals surface area contributed by atoms with Crippen LogP contribution in [0.2, 0.25) is 0 Å². The highest BCUT2D eigenvalue weighted by atomic mass is 16.1. The summed E-state index contributed by atoms with van der Waals surface area (Å²) in [7, 11) is 0. The van der Waals surface area contributed by atoms with Crippen LogP contribution in [0.3, 0.4) is 0 Å². The minimum absolute atomic E-state index is 0.127. The molecule has 0 aromatic heterocycles. The minimum Gasteiger partial charge on any atom is -0.387 e. The lowest BCUT2D eigenvalue weighted by atomic mass is 10.0. The van der Waals surface area contributed by atoms with Crippen LogP contribution in [0.15, 0.2) is 42.1 Å². The standard InChI is InChI=1S/C20H28N4O/c1-20(2,3)23-19(25)17(13-21)14-22-18-9-11-24(12-10-18)15-16-7-5-4-6-8-16/h4-8,14,18,22H,9-12,15H2,1-3H3,(H,23,25)/b17-14-. The largest absolute Gasteiger partial charge is 0.387 e. The van der Waals surface area contributed by atoms with Crippen molar-refractivity contribution in [3.63, 3.8) is 0 Å². The monoisotopic (exact) mass is 340 g/mol. The summed E-state index contributed by atoms with van der Waals surface area (Å²) >= 11 is 0. The first-order valence-corrected chi connectivity index (χ1v) is 8.82. The lowest BCUT2D eigenvalue weighted by Crippen LogP contribution is -2.42. The molecular formula is C20H28N4O. The van der Waals surface area contributed by atoms with Crippen molar-refractivity contribution in [2.24, 2.45) is 0 Å². The first kappa shape index (κ1) is 19.0. The Morgan fingerprint density at radius 2 is 1.92 bits per heavy atom. The Kier molecular flexibility index (Phi) is 6.60. The van der Waals surface area contributed by atoms with Crippen LogP contribution in [-0.4, -0.2) is 35.5 Å². The van der Waals surface area contributed by atoms with Crippen LogP contribution >= 0.6 is 0 Å². The fraction of sp³-hybridized carbons (Fsp3) is 0.500. The molecule has 1 aliphatic heterocycles. The van der Waals surface area contributed by atoms with Gasteiger partial charge in [0.1, 0.15) is 11.6 Å². The van der Waals surface area contributed by atoms with E-state index in [-0.39, 0.29) is 17.0 Å². The van der Waals surface area contributed by atoms with Gasteiger partial charge >= 0.3 is 0 Å². The number of hydrogen-bond donors (Lipinski definition) is 2. The van der Waals surface area contributed by atoms with Crippen molar-refractivity contribution >= 4 is 5.91 Å². The molecule has 1 fully saturated rings. The maximum Gasteiger partial charge on any atom is 0.263 e. The van der Waals surface area contributed by atoms with Gasteiger partial charge in [-0.1, -0.05) is 30.3 Å². The van der Waals surface area contributed by atoms with Crippen molar-refractivity contribution < 1.29 is 4.79 Å². The van der Waals surface area contributed by atoms with Crippen LogP contribution in [0, 0.1) is 11.3 Å². The van der Waals surface area contributed by atoms with Gasteiger partial charge in [-0.15, -0.1) is 0 Å². The van der Waals surface area contributed by atoms with E-state index in [0.29, 0.717) is 6.04 Å². The van der Waals surface area contributed by atoms with E-state index in [4.69, 9.17) is 0 Å². The van der Waals surface area contributed by atoms with Crippen LogP contribution in [0.1, 0.15) is 39.2 Å². The predicted octanol–water partition coefficient (Wildman–Crippen LogP) is 2.56. The van der Waals surface area contributed by atoms with Gasteiger partial charge in [-0.25, -0.2) is 0 Å². The molecule has 1 amide bonds. The maximum absolute atomic E-state index is 12.1. The second-order valence-electron chi connectivity index (χ2n) is 7.58. The fourth-order valence-electron chi connectivity index (χ4n) is 2.86. The molecule has 0 saturated carbocycles. The average molecular weight is 340 g/mol. The molecule has 1 saturated heterocycles. The van der Waals surface area contributed by atoms with Crippen molar-refractivity contribution in [2.45, 2.75) is 51.7 Å². The van der Waals surface area contributed by atoms with Gasteiger partial charge in [0, 0.05) is 37.4 Å². The molecule has 0 atom stereocenters. The quantitative estimate of drug-likeness (QED) is 0.638. The van der Waals surface area contributed by atoms with Gasteiger partial charge < -0.3 is 10.6 Å². The molecule has 1 aromatic rings. The summed E-state index contributed by atoms with van der Waals surface area (Å²) in [6.45, 7) is 8.69. The first-order valence-electron chi connectivity index (χ1n) is 8.82. The third-order valence-corrected chi connectivity index (χ3v) is 4.15. The summed E-state index contributed by atoms with van der Waals surface area (Å²) in [5.41, 5.74) is 1.11. The summed E-state index contributed by atoms with van der Waals surface area (Å²) < 4.78 is 0. The molecule has 1 aromatic carbocycles. The van der Waals surface area contributed by atoms with Crippen molar-refractivity contribution in [1.29, 1.82) is 5.26 Å². The summed E-state index contributed by atoms with van der Waals surface area (Å²) in [5.74, 6) is -0.330. The highest BCUT2D eigenvalue weighted by Gasteiger charge is 2.20. The summed E-state index contributed by atoms with van der Waals surface area (Å²) in [6.07, 6.45) is 3.57. The van der Waals surface area contributed by atoms with Gasteiger partial charge in [0.15, 0.2) is 0 Å². The molecule has 0 radical (unpaired) electrons. The van der Waals surface area contributed by atoms with Gasteiger partial charge in [-0.3, -0.25) is 9.69 Å². The predicted molar refractivity (Wildman–Crippen MR) is 99.5 cm³/mol. The van der Waals surface area contributed by atoms with Gasteiger partial charge in [0.25, 0.3) is 5.91 Å². The van der Waals surface area contributed by atoms with E-state index in [0.717, 1.165) is 32.5 Å². The Balaban J connectivity index is 1.80. The van der Waals surface area contributed by atoms with Gasteiger partial charge in [-0.2, -0.15) is 5.26 Å². The molecule has 5 nitrogen and oxygen atoms in total. The van der Waals surface area contributed by atoms with E-state index in [1.54, 1.807) is 6.20 Å². The number of nitriles is 1. The number of amides is 1. The number of likely N-dealkylation sites (tertiary alicyclic amines) is 1. The number of rotatable bonds is 5. The topological polar surface area (TPSA) is 68.2 Å². The third kappa shape index (κ3) is 6.60. The summed E-state index contributed by atoms with van der Waals surface area (Å²) in [6, 6.07) is 12.8. The molecule has 1 aliphatic rings.